The van der Waals surface area contributed by atoms with E-state index in [0.29, 0.717) is 17.9 Å². The summed E-state index contributed by atoms with van der Waals surface area (Å²) in [6.45, 7) is 2.68. The third-order valence-corrected chi connectivity index (χ3v) is 2.85. The number of aliphatic imine (C=N–C) groups is 1. The maximum atomic E-state index is 12.1. The molecular weight excluding hydrogens is 228 g/mol. The Hall–Kier alpha value is -2.36. The molecule has 0 unspecified atom stereocenters. The maximum absolute atomic E-state index is 12.1. The Morgan fingerprint density at radius 1 is 1.39 bits per heavy atom. The number of furan rings is 1. The smallest absolute Gasteiger partial charge is 0.228 e. The zero-order valence-electron chi connectivity index (χ0n) is 9.93. The van der Waals surface area contributed by atoms with Crippen molar-refractivity contribution in [2.75, 3.05) is 11.9 Å². The third kappa shape index (κ3) is 1.82. The zero-order valence-corrected chi connectivity index (χ0v) is 9.93. The van der Waals surface area contributed by atoms with Crippen molar-refractivity contribution in [1.82, 2.24) is 0 Å². The summed E-state index contributed by atoms with van der Waals surface area (Å²) in [6, 6.07) is 8.81. The Balaban J connectivity index is 1.99. The van der Waals surface area contributed by atoms with Crippen molar-refractivity contribution < 1.29 is 9.21 Å². The molecule has 0 saturated heterocycles. The summed E-state index contributed by atoms with van der Waals surface area (Å²) in [5, 5.41) is 3.24. The summed E-state index contributed by atoms with van der Waals surface area (Å²) in [5.41, 5.74) is 3.39. The van der Waals surface area contributed by atoms with Crippen LogP contribution in [0.2, 0.25) is 0 Å². The quantitative estimate of drug-likeness (QED) is 0.821. The summed E-state index contributed by atoms with van der Waals surface area (Å²) in [4.78, 5) is 16.5. The Morgan fingerprint density at radius 3 is 3.06 bits per heavy atom. The number of hydrogen-bond acceptors (Lipinski definition) is 4. The van der Waals surface area contributed by atoms with Gasteiger partial charge in [0.1, 0.15) is 0 Å². The van der Waals surface area contributed by atoms with Crippen molar-refractivity contribution in [2.45, 2.75) is 6.92 Å². The molecule has 1 aromatic heterocycles. The van der Waals surface area contributed by atoms with Gasteiger partial charge in [-0.3, -0.25) is 9.79 Å². The van der Waals surface area contributed by atoms with Gasteiger partial charge in [-0.15, -0.1) is 0 Å². The second-order valence-electron chi connectivity index (χ2n) is 4.24. The number of carbonyl (C=O) groups excluding carboxylic acids is 1. The van der Waals surface area contributed by atoms with Gasteiger partial charge in [-0.05, 0) is 37.3 Å². The summed E-state index contributed by atoms with van der Waals surface area (Å²) in [5.74, 6) is 0.237. The molecule has 1 aromatic carbocycles. The molecule has 1 aliphatic rings. The van der Waals surface area contributed by atoms with Gasteiger partial charge in [0.25, 0.3) is 0 Å². The number of ketones is 1. The summed E-state index contributed by atoms with van der Waals surface area (Å²) in [7, 11) is 0. The molecule has 4 nitrogen and oxygen atoms in total. The average molecular weight is 240 g/mol. The highest BCUT2D eigenvalue weighted by Gasteiger charge is 2.15. The Morgan fingerprint density at radius 2 is 2.28 bits per heavy atom. The Labute approximate surface area is 104 Å². The van der Waals surface area contributed by atoms with Crippen LogP contribution in [0.4, 0.5) is 11.4 Å². The fraction of sp³-hybridized carbons (Fsp3) is 0.143. The van der Waals surface area contributed by atoms with Crippen LogP contribution in [0.5, 0.6) is 0 Å². The van der Waals surface area contributed by atoms with Crippen LogP contribution in [0.25, 0.3) is 0 Å². The van der Waals surface area contributed by atoms with Gasteiger partial charge in [-0.25, -0.2) is 0 Å². The van der Waals surface area contributed by atoms with E-state index in [-0.39, 0.29) is 5.78 Å². The number of rotatable bonds is 2. The largest absolute Gasteiger partial charge is 0.461 e. The first-order chi connectivity index (χ1) is 8.74. The predicted molar refractivity (Wildman–Crippen MR) is 69.8 cm³/mol. The summed E-state index contributed by atoms with van der Waals surface area (Å²) < 4.78 is 5.11. The van der Waals surface area contributed by atoms with Gasteiger partial charge in [-0.1, -0.05) is 0 Å². The van der Waals surface area contributed by atoms with E-state index in [0.717, 1.165) is 17.1 Å². The van der Waals surface area contributed by atoms with Gasteiger partial charge in [0.2, 0.25) is 5.78 Å². The topological polar surface area (TPSA) is 54.6 Å². The Bertz CT molecular complexity index is 627. The van der Waals surface area contributed by atoms with E-state index >= 15 is 0 Å². The van der Waals surface area contributed by atoms with Gasteiger partial charge in [0.05, 0.1) is 24.2 Å². The lowest BCUT2D eigenvalue weighted by Gasteiger charge is -2.16. The van der Waals surface area contributed by atoms with E-state index in [2.05, 4.69) is 10.3 Å². The SMILES string of the molecule is CC1=Nc2ccc(C(=O)c3ccco3)cc2NC1. The van der Waals surface area contributed by atoms with Gasteiger partial charge in [0.15, 0.2) is 5.76 Å². The molecule has 0 atom stereocenters. The van der Waals surface area contributed by atoms with Gasteiger partial charge < -0.3 is 9.73 Å². The van der Waals surface area contributed by atoms with E-state index in [9.17, 15) is 4.79 Å². The molecule has 2 heterocycles. The lowest BCUT2D eigenvalue weighted by Crippen LogP contribution is -2.14. The molecule has 1 aliphatic heterocycles. The van der Waals surface area contributed by atoms with Crippen LogP contribution in [0, 0.1) is 0 Å². The van der Waals surface area contributed by atoms with Gasteiger partial charge in [-0.2, -0.15) is 0 Å². The molecule has 0 saturated carbocycles. The molecule has 90 valence electrons. The van der Waals surface area contributed by atoms with Crippen molar-refractivity contribution in [3.8, 4) is 0 Å². The molecule has 0 aliphatic carbocycles. The third-order valence-electron chi connectivity index (χ3n) is 2.85. The van der Waals surface area contributed by atoms with Crippen LogP contribution in [0.3, 0.4) is 0 Å². The van der Waals surface area contributed by atoms with Crippen LogP contribution < -0.4 is 5.32 Å². The van der Waals surface area contributed by atoms with Gasteiger partial charge in [0, 0.05) is 11.3 Å². The summed E-state index contributed by atoms with van der Waals surface area (Å²) in [6.07, 6.45) is 1.50. The molecule has 1 N–H and O–H groups in total. The van der Waals surface area contributed by atoms with Crippen LogP contribution in [-0.4, -0.2) is 18.0 Å². The van der Waals surface area contributed by atoms with Crippen LogP contribution in [0.15, 0.2) is 46.0 Å². The number of fused-ring (bicyclic) bond motifs is 1. The molecule has 0 radical (unpaired) electrons. The lowest BCUT2D eigenvalue weighted by molar-refractivity contribution is 0.101. The first-order valence-corrected chi connectivity index (χ1v) is 5.74. The van der Waals surface area contributed by atoms with Crippen LogP contribution >= 0.6 is 0 Å². The van der Waals surface area contributed by atoms with E-state index in [1.54, 1.807) is 18.2 Å². The first-order valence-electron chi connectivity index (χ1n) is 5.74. The monoisotopic (exact) mass is 240 g/mol. The highest BCUT2D eigenvalue weighted by Crippen LogP contribution is 2.29. The second-order valence-corrected chi connectivity index (χ2v) is 4.24. The fourth-order valence-corrected chi connectivity index (χ4v) is 1.93. The molecule has 18 heavy (non-hydrogen) atoms. The number of anilines is 1. The molecule has 4 heteroatoms. The number of hydrogen-bond donors (Lipinski definition) is 1. The Kier molecular flexibility index (Phi) is 2.48. The highest BCUT2D eigenvalue weighted by molar-refractivity contribution is 6.08. The predicted octanol–water partition coefficient (Wildman–Crippen LogP) is 3.03. The van der Waals surface area contributed by atoms with Crippen molar-refractivity contribution in [3.05, 3.63) is 47.9 Å². The molecular formula is C14H12N2O2. The van der Waals surface area contributed by atoms with E-state index in [1.165, 1.54) is 6.26 Å². The van der Waals surface area contributed by atoms with Crippen LogP contribution in [-0.2, 0) is 0 Å². The molecule has 3 rings (SSSR count). The standard InChI is InChI=1S/C14H12N2O2/c1-9-8-15-12-7-10(4-5-11(12)16-9)14(17)13-3-2-6-18-13/h2-7,15H,8H2,1H3. The maximum Gasteiger partial charge on any atom is 0.228 e. The molecule has 2 aromatic rings. The molecule has 0 amide bonds. The normalized spacial score (nSPS) is 13.5. The zero-order chi connectivity index (χ0) is 12.5. The second kappa shape index (κ2) is 4.14. The van der Waals surface area contributed by atoms with Crippen molar-refractivity contribution in [2.24, 2.45) is 4.99 Å². The minimum Gasteiger partial charge on any atom is -0.461 e. The average Bonchev–Trinajstić information content (AvgIpc) is 2.91. The summed E-state index contributed by atoms with van der Waals surface area (Å²) >= 11 is 0. The number of benzene rings is 1. The highest BCUT2D eigenvalue weighted by atomic mass is 16.3. The number of nitrogens with zero attached hydrogens (tertiary/aromatic N) is 1. The van der Waals surface area contributed by atoms with Crippen molar-refractivity contribution in [1.29, 1.82) is 0 Å². The number of carbonyl (C=O) groups is 1. The van der Waals surface area contributed by atoms with Crippen LogP contribution in [0.1, 0.15) is 23.0 Å². The van der Waals surface area contributed by atoms with Crippen molar-refractivity contribution >= 4 is 22.9 Å². The number of nitrogens with one attached hydrogen (secondary N) is 1. The minimum absolute atomic E-state index is 0.115. The van der Waals surface area contributed by atoms with E-state index < -0.39 is 0 Å². The van der Waals surface area contributed by atoms with E-state index in [4.69, 9.17) is 4.42 Å². The first kappa shape index (κ1) is 10.8. The molecule has 0 spiro atoms. The van der Waals surface area contributed by atoms with E-state index in [1.807, 2.05) is 19.1 Å². The molecule has 0 bridgehead atoms. The van der Waals surface area contributed by atoms with Crippen molar-refractivity contribution in [3.63, 3.8) is 0 Å². The lowest BCUT2D eigenvalue weighted by atomic mass is 10.1. The molecule has 0 fully saturated rings. The fourth-order valence-electron chi connectivity index (χ4n) is 1.93. The minimum atomic E-state index is -0.115. The van der Waals surface area contributed by atoms with Gasteiger partial charge >= 0.3 is 0 Å².